The van der Waals surface area contributed by atoms with Gasteiger partial charge in [0.05, 0.1) is 21.8 Å². The summed E-state index contributed by atoms with van der Waals surface area (Å²) < 4.78 is 37.5. The number of alkyl halides is 3. The van der Waals surface area contributed by atoms with Gasteiger partial charge < -0.3 is 10.6 Å². The van der Waals surface area contributed by atoms with E-state index in [-0.39, 0.29) is 16.6 Å². The Kier molecular flexibility index (Phi) is 3.97. The van der Waals surface area contributed by atoms with E-state index >= 15 is 0 Å². The molecule has 0 spiro atoms. The fraction of sp³-hybridized carbons (Fsp3) is 0.462. The zero-order chi connectivity index (χ0) is 15.0. The molecule has 1 aromatic carbocycles. The van der Waals surface area contributed by atoms with Gasteiger partial charge in [-0.15, -0.1) is 0 Å². The Hall–Kier alpha value is -1.27. The number of anilines is 1. The second-order valence-corrected chi connectivity index (χ2v) is 5.42. The lowest BCUT2D eigenvalue weighted by molar-refractivity contribution is -0.137. The minimum absolute atomic E-state index is 0.130. The Labute approximate surface area is 119 Å². The van der Waals surface area contributed by atoms with Crippen molar-refractivity contribution < 1.29 is 18.0 Å². The fourth-order valence-electron chi connectivity index (χ4n) is 2.14. The summed E-state index contributed by atoms with van der Waals surface area (Å²) >= 11 is 5.80. The summed E-state index contributed by atoms with van der Waals surface area (Å²) in [6.45, 7) is 2.50. The quantitative estimate of drug-likeness (QED) is 0.879. The van der Waals surface area contributed by atoms with Crippen LogP contribution in [0.15, 0.2) is 18.2 Å². The van der Waals surface area contributed by atoms with Crippen LogP contribution in [0.3, 0.4) is 0 Å². The van der Waals surface area contributed by atoms with E-state index in [9.17, 15) is 18.0 Å². The van der Waals surface area contributed by atoms with E-state index in [0.29, 0.717) is 6.42 Å². The predicted molar refractivity (Wildman–Crippen MR) is 70.7 cm³/mol. The van der Waals surface area contributed by atoms with E-state index in [1.165, 1.54) is 6.07 Å². The zero-order valence-electron chi connectivity index (χ0n) is 10.8. The van der Waals surface area contributed by atoms with Crippen molar-refractivity contribution in [1.29, 1.82) is 0 Å². The molecule has 1 aliphatic heterocycles. The van der Waals surface area contributed by atoms with Gasteiger partial charge in [-0.3, -0.25) is 4.79 Å². The molecule has 1 atom stereocenters. The molecule has 0 bridgehead atoms. The maximum absolute atomic E-state index is 12.5. The number of amides is 1. The summed E-state index contributed by atoms with van der Waals surface area (Å²) in [6, 6.07) is 2.87. The molecule has 0 aliphatic carbocycles. The van der Waals surface area contributed by atoms with Crippen LogP contribution < -0.4 is 10.6 Å². The first-order valence-corrected chi connectivity index (χ1v) is 6.53. The largest absolute Gasteiger partial charge is 0.416 e. The van der Waals surface area contributed by atoms with Crippen LogP contribution in [0.4, 0.5) is 18.9 Å². The van der Waals surface area contributed by atoms with E-state index in [1.807, 2.05) is 0 Å². The Morgan fingerprint density at radius 1 is 1.45 bits per heavy atom. The lowest BCUT2D eigenvalue weighted by Gasteiger charge is -2.23. The summed E-state index contributed by atoms with van der Waals surface area (Å²) in [6.07, 6.45) is -2.90. The summed E-state index contributed by atoms with van der Waals surface area (Å²) in [5, 5.41) is 5.51. The van der Waals surface area contributed by atoms with Crippen LogP contribution >= 0.6 is 11.6 Å². The number of halogens is 4. The second kappa shape index (κ2) is 5.26. The Morgan fingerprint density at radius 3 is 2.65 bits per heavy atom. The van der Waals surface area contributed by atoms with Crippen LogP contribution in [0.5, 0.6) is 0 Å². The Bertz CT molecular complexity index is 525. The summed E-state index contributed by atoms with van der Waals surface area (Å²) in [5.41, 5.74) is -1.36. The van der Waals surface area contributed by atoms with Gasteiger partial charge in [0.25, 0.3) is 0 Å². The van der Waals surface area contributed by atoms with Gasteiger partial charge in [-0.25, -0.2) is 0 Å². The van der Waals surface area contributed by atoms with E-state index in [2.05, 4.69) is 10.6 Å². The first kappa shape index (κ1) is 15.1. The van der Waals surface area contributed by atoms with Crippen LogP contribution in [0.1, 0.15) is 25.3 Å². The van der Waals surface area contributed by atoms with Crippen molar-refractivity contribution in [1.82, 2.24) is 5.32 Å². The minimum Gasteiger partial charge on any atom is -0.323 e. The SMILES string of the molecule is CC1(C(=O)Nc2ccc(C(F)(F)F)cc2Cl)CCCN1. The highest BCUT2D eigenvalue weighted by atomic mass is 35.5. The van der Waals surface area contributed by atoms with Gasteiger partial charge in [0.1, 0.15) is 0 Å². The monoisotopic (exact) mass is 306 g/mol. The Morgan fingerprint density at radius 2 is 2.15 bits per heavy atom. The molecule has 2 N–H and O–H groups in total. The third kappa shape index (κ3) is 3.07. The third-order valence-corrected chi connectivity index (χ3v) is 3.73. The van der Waals surface area contributed by atoms with Gasteiger partial charge in [-0.05, 0) is 44.5 Å². The molecule has 1 saturated heterocycles. The van der Waals surface area contributed by atoms with Crippen molar-refractivity contribution in [2.75, 3.05) is 11.9 Å². The molecule has 0 saturated carbocycles. The number of nitrogens with one attached hydrogen (secondary N) is 2. The lowest BCUT2D eigenvalue weighted by Crippen LogP contribution is -2.48. The van der Waals surface area contributed by atoms with Crippen molar-refractivity contribution in [3.63, 3.8) is 0 Å². The summed E-state index contributed by atoms with van der Waals surface area (Å²) in [7, 11) is 0. The van der Waals surface area contributed by atoms with Crippen molar-refractivity contribution >= 4 is 23.2 Å². The van der Waals surface area contributed by atoms with Crippen LogP contribution in [-0.2, 0) is 11.0 Å². The van der Waals surface area contributed by atoms with Gasteiger partial charge in [-0.1, -0.05) is 11.6 Å². The Balaban J connectivity index is 2.16. The summed E-state index contributed by atoms with van der Waals surface area (Å²) in [4.78, 5) is 12.1. The van der Waals surface area contributed by atoms with Crippen molar-refractivity contribution in [3.8, 4) is 0 Å². The van der Waals surface area contributed by atoms with Gasteiger partial charge in [0.2, 0.25) is 5.91 Å². The molecule has 1 heterocycles. The van der Waals surface area contributed by atoms with Crippen LogP contribution in [-0.4, -0.2) is 18.0 Å². The molecule has 1 unspecified atom stereocenters. The van der Waals surface area contributed by atoms with Gasteiger partial charge in [-0.2, -0.15) is 13.2 Å². The van der Waals surface area contributed by atoms with Crippen molar-refractivity contribution in [3.05, 3.63) is 28.8 Å². The van der Waals surface area contributed by atoms with Gasteiger partial charge in [0.15, 0.2) is 0 Å². The van der Waals surface area contributed by atoms with Crippen LogP contribution in [0.25, 0.3) is 0 Å². The normalized spacial score (nSPS) is 22.9. The highest BCUT2D eigenvalue weighted by Crippen LogP contribution is 2.34. The number of carbonyl (C=O) groups excluding carboxylic acids is 1. The molecule has 3 nitrogen and oxygen atoms in total. The summed E-state index contributed by atoms with van der Waals surface area (Å²) in [5.74, 6) is -0.295. The smallest absolute Gasteiger partial charge is 0.323 e. The molecule has 1 amide bonds. The topological polar surface area (TPSA) is 41.1 Å². The predicted octanol–water partition coefficient (Wildman–Crippen LogP) is 3.44. The van der Waals surface area contributed by atoms with E-state index in [0.717, 1.165) is 25.1 Å². The fourth-order valence-corrected chi connectivity index (χ4v) is 2.37. The van der Waals surface area contributed by atoms with E-state index in [1.54, 1.807) is 6.92 Å². The lowest BCUT2D eigenvalue weighted by atomic mass is 9.99. The van der Waals surface area contributed by atoms with Gasteiger partial charge in [0, 0.05) is 0 Å². The number of carbonyl (C=O) groups is 1. The second-order valence-electron chi connectivity index (χ2n) is 5.01. The molecule has 110 valence electrons. The minimum atomic E-state index is -4.45. The average molecular weight is 307 g/mol. The van der Waals surface area contributed by atoms with E-state index in [4.69, 9.17) is 11.6 Å². The maximum Gasteiger partial charge on any atom is 0.416 e. The molecule has 20 heavy (non-hydrogen) atoms. The molecular formula is C13H14ClF3N2O. The molecule has 1 fully saturated rings. The molecule has 1 aliphatic rings. The van der Waals surface area contributed by atoms with Crippen LogP contribution in [0.2, 0.25) is 5.02 Å². The molecule has 7 heteroatoms. The van der Waals surface area contributed by atoms with Crippen LogP contribution in [0, 0.1) is 0 Å². The zero-order valence-corrected chi connectivity index (χ0v) is 11.5. The van der Waals surface area contributed by atoms with Gasteiger partial charge >= 0.3 is 6.18 Å². The highest BCUT2D eigenvalue weighted by Gasteiger charge is 2.36. The van der Waals surface area contributed by atoms with Crippen molar-refractivity contribution in [2.45, 2.75) is 31.5 Å². The maximum atomic E-state index is 12.5. The third-order valence-electron chi connectivity index (χ3n) is 3.41. The number of hydrogen-bond acceptors (Lipinski definition) is 2. The average Bonchev–Trinajstić information content (AvgIpc) is 2.78. The first-order chi connectivity index (χ1) is 9.22. The highest BCUT2D eigenvalue weighted by molar-refractivity contribution is 6.33. The number of rotatable bonds is 2. The molecular weight excluding hydrogens is 293 g/mol. The molecule has 0 aromatic heterocycles. The number of hydrogen-bond donors (Lipinski definition) is 2. The standard InChI is InChI=1S/C13H14ClF3N2O/c1-12(5-2-6-18-12)11(20)19-10-4-3-8(7-9(10)14)13(15,16)17/h3-4,7,18H,2,5-6H2,1H3,(H,19,20). The first-order valence-electron chi connectivity index (χ1n) is 6.16. The molecule has 1 aromatic rings. The van der Waals surface area contributed by atoms with E-state index < -0.39 is 17.3 Å². The molecule has 0 radical (unpaired) electrons. The number of benzene rings is 1. The van der Waals surface area contributed by atoms with Crippen molar-refractivity contribution in [2.24, 2.45) is 0 Å². The molecule has 2 rings (SSSR count).